The molecule has 2 aromatic heterocycles. The third-order valence-corrected chi connectivity index (χ3v) is 6.17. The lowest BCUT2D eigenvalue weighted by molar-refractivity contribution is 0.826. The van der Waals surface area contributed by atoms with E-state index in [1.54, 1.807) is 0 Å². The van der Waals surface area contributed by atoms with Crippen molar-refractivity contribution in [2.75, 3.05) is 0 Å². The minimum atomic E-state index is 0.871. The zero-order chi connectivity index (χ0) is 19.4. The average molecular weight is 374 g/mol. The Morgan fingerprint density at radius 2 is 1.00 bits per heavy atom. The molecule has 0 unspecified atom stereocenters. The van der Waals surface area contributed by atoms with Gasteiger partial charge in [0.05, 0.1) is 0 Å². The Hall–Kier alpha value is -3.52. The minimum Gasteiger partial charge on any atom is -0.341 e. The average Bonchev–Trinajstić information content (AvgIpc) is 3.27. The lowest BCUT2D eigenvalue weighted by atomic mass is 10.1. The van der Waals surface area contributed by atoms with Gasteiger partial charge in [0.1, 0.15) is 0 Å². The Bertz CT molecular complexity index is 1460. The molecule has 0 amide bonds. The van der Waals surface area contributed by atoms with Gasteiger partial charge in [0.15, 0.2) is 0 Å². The van der Waals surface area contributed by atoms with Crippen LogP contribution in [0, 0.1) is 0 Å². The normalized spacial score (nSPS) is 11.9. The van der Waals surface area contributed by atoms with E-state index in [0.717, 1.165) is 13.1 Å². The second-order valence-corrected chi connectivity index (χ2v) is 7.73. The molecule has 0 spiro atoms. The summed E-state index contributed by atoms with van der Waals surface area (Å²) >= 11 is 0. The van der Waals surface area contributed by atoms with Crippen molar-refractivity contribution in [2.24, 2.45) is 0 Å². The monoisotopic (exact) mass is 374 g/mol. The fourth-order valence-electron chi connectivity index (χ4n) is 4.90. The molecule has 140 valence electrons. The Kier molecular flexibility index (Phi) is 3.54. The van der Waals surface area contributed by atoms with Crippen molar-refractivity contribution >= 4 is 43.6 Å². The highest BCUT2D eigenvalue weighted by atomic mass is 15.0. The van der Waals surface area contributed by atoms with Crippen LogP contribution in [0.25, 0.3) is 43.6 Å². The lowest BCUT2D eigenvalue weighted by Crippen LogP contribution is -1.99. The van der Waals surface area contributed by atoms with Crippen molar-refractivity contribution in [1.82, 2.24) is 9.13 Å². The first-order chi connectivity index (χ1) is 14.3. The number of hydrogen-bond donors (Lipinski definition) is 0. The summed E-state index contributed by atoms with van der Waals surface area (Å²) in [6, 6.07) is 33.2. The van der Waals surface area contributed by atoms with Crippen LogP contribution in [0.3, 0.4) is 0 Å². The molecule has 0 aliphatic carbocycles. The third-order valence-electron chi connectivity index (χ3n) is 6.17. The van der Waals surface area contributed by atoms with Gasteiger partial charge < -0.3 is 9.13 Å². The molecule has 0 fully saturated rings. The van der Waals surface area contributed by atoms with E-state index in [4.69, 9.17) is 0 Å². The highest BCUT2D eigenvalue weighted by molar-refractivity contribution is 6.09. The van der Waals surface area contributed by atoms with Crippen LogP contribution in [-0.4, -0.2) is 9.13 Å². The molecule has 0 saturated carbocycles. The molecule has 29 heavy (non-hydrogen) atoms. The van der Waals surface area contributed by atoms with Gasteiger partial charge in [0, 0.05) is 56.7 Å². The largest absolute Gasteiger partial charge is 0.341 e. The van der Waals surface area contributed by atoms with Crippen LogP contribution in [0.5, 0.6) is 0 Å². The van der Waals surface area contributed by atoms with Crippen molar-refractivity contribution in [3.05, 3.63) is 96.6 Å². The maximum Gasteiger partial charge on any atom is 0.0494 e. The Labute approximate surface area is 169 Å². The molecule has 2 heterocycles. The SMILES string of the molecule is CCn1c2ccccc2c2cc(Cn3c4ccccc4c4ccccc43)ccc21. The van der Waals surface area contributed by atoms with Crippen LogP contribution in [-0.2, 0) is 13.1 Å². The highest BCUT2D eigenvalue weighted by Gasteiger charge is 2.12. The van der Waals surface area contributed by atoms with Crippen molar-refractivity contribution in [3.63, 3.8) is 0 Å². The van der Waals surface area contributed by atoms with Gasteiger partial charge in [-0.3, -0.25) is 0 Å². The van der Waals surface area contributed by atoms with Crippen LogP contribution in [0.2, 0.25) is 0 Å². The molecular weight excluding hydrogens is 352 g/mol. The predicted molar refractivity (Wildman–Crippen MR) is 124 cm³/mol. The van der Waals surface area contributed by atoms with E-state index in [-0.39, 0.29) is 0 Å². The first-order valence-corrected chi connectivity index (χ1v) is 10.3. The topological polar surface area (TPSA) is 9.86 Å². The van der Waals surface area contributed by atoms with Gasteiger partial charge in [-0.15, -0.1) is 0 Å². The summed E-state index contributed by atoms with van der Waals surface area (Å²) in [6.45, 7) is 4.07. The molecule has 2 nitrogen and oxygen atoms in total. The Morgan fingerprint density at radius 1 is 0.517 bits per heavy atom. The van der Waals surface area contributed by atoms with Crippen LogP contribution in [0.1, 0.15) is 12.5 Å². The van der Waals surface area contributed by atoms with Crippen LogP contribution < -0.4 is 0 Å². The number of para-hydroxylation sites is 3. The molecular formula is C27H22N2. The summed E-state index contributed by atoms with van der Waals surface area (Å²) in [5.41, 5.74) is 6.57. The summed E-state index contributed by atoms with van der Waals surface area (Å²) < 4.78 is 4.86. The number of hydrogen-bond acceptors (Lipinski definition) is 0. The van der Waals surface area contributed by atoms with Gasteiger partial charge in [0.2, 0.25) is 0 Å². The zero-order valence-electron chi connectivity index (χ0n) is 16.5. The van der Waals surface area contributed by atoms with Crippen LogP contribution in [0.15, 0.2) is 91.0 Å². The quantitative estimate of drug-likeness (QED) is 0.316. The molecule has 6 rings (SSSR count). The summed E-state index contributed by atoms with van der Waals surface area (Å²) in [6.07, 6.45) is 0. The lowest BCUT2D eigenvalue weighted by Gasteiger charge is -2.09. The van der Waals surface area contributed by atoms with Gasteiger partial charge >= 0.3 is 0 Å². The second-order valence-electron chi connectivity index (χ2n) is 7.73. The maximum atomic E-state index is 2.45. The fraction of sp³-hybridized carbons (Fsp3) is 0.111. The number of aromatic nitrogens is 2. The molecule has 0 N–H and O–H groups in total. The van der Waals surface area contributed by atoms with Gasteiger partial charge in [-0.05, 0) is 42.8 Å². The molecule has 6 aromatic rings. The summed E-state index contributed by atoms with van der Waals surface area (Å²) in [5, 5.41) is 5.34. The van der Waals surface area contributed by atoms with E-state index in [1.807, 2.05) is 0 Å². The molecule has 2 heteroatoms. The minimum absolute atomic E-state index is 0.871. The van der Waals surface area contributed by atoms with E-state index in [2.05, 4.69) is 107 Å². The second kappa shape index (κ2) is 6.25. The summed E-state index contributed by atoms with van der Waals surface area (Å²) in [7, 11) is 0. The molecule has 0 radical (unpaired) electrons. The number of aryl methyl sites for hydroxylation is 1. The molecule has 0 atom stereocenters. The maximum absolute atomic E-state index is 2.45. The van der Waals surface area contributed by atoms with Crippen molar-refractivity contribution < 1.29 is 0 Å². The number of benzene rings is 4. The fourth-order valence-corrected chi connectivity index (χ4v) is 4.90. The van der Waals surface area contributed by atoms with E-state index in [9.17, 15) is 0 Å². The van der Waals surface area contributed by atoms with Crippen molar-refractivity contribution in [2.45, 2.75) is 20.0 Å². The Balaban J connectivity index is 1.57. The zero-order valence-corrected chi connectivity index (χ0v) is 16.5. The summed E-state index contributed by atoms with van der Waals surface area (Å²) in [4.78, 5) is 0. The van der Waals surface area contributed by atoms with Gasteiger partial charge in [-0.2, -0.15) is 0 Å². The van der Waals surface area contributed by atoms with Crippen LogP contribution in [0.4, 0.5) is 0 Å². The van der Waals surface area contributed by atoms with E-state index in [1.165, 1.54) is 49.2 Å². The first kappa shape index (κ1) is 16.4. The summed E-state index contributed by atoms with van der Waals surface area (Å²) in [5.74, 6) is 0. The smallest absolute Gasteiger partial charge is 0.0494 e. The standard InChI is InChI=1S/C27H22N2/c1-2-28-24-12-6-5-11-22(24)23-17-19(15-16-27(23)28)18-29-25-13-7-3-9-20(25)21-10-4-8-14-26(21)29/h3-17H,2,18H2,1H3. The molecule has 0 bridgehead atoms. The Morgan fingerprint density at radius 3 is 1.59 bits per heavy atom. The third kappa shape index (κ3) is 2.35. The van der Waals surface area contributed by atoms with Crippen molar-refractivity contribution in [1.29, 1.82) is 0 Å². The molecule has 0 saturated heterocycles. The van der Waals surface area contributed by atoms with Gasteiger partial charge in [-0.25, -0.2) is 0 Å². The molecule has 0 aliphatic heterocycles. The van der Waals surface area contributed by atoms with Crippen molar-refractivity contribution in [3.8, 4) is 0 Å². The van der Waals surface area contributed by atoms with Gasteiger partial charge in [0.25, 0.3) is 0 Å². The number of rotatable bonds is 3. The molecule has 0 aliphatic rings. The van der Waals surface area contributed by atoms with E-state index >= 15 is 0 Å². The molecule has 4 aromatic carbocycles. The highest BCUT2D eigenvalue weighted by Crippen LogP contribution is 2.32. The number of nitrogens with zero attached hydrogens (tertiary/aromatic N) is 2. The first-order valence-electron chi connectivity index (χ1n) is 10.3. The number of fused-ring (bicyclic) bond motifs is 6. The van der Waals surface area contributed by atoms with Crippen LogP contribution >= 0.6 is 0 Å². The van der Waals surface area contributed by atoms with E-state index < -0.39 is 0 Å². The van der Waals surface area contributed by atoms with Gasteiger partial charge in [-0.1, -0.05) is 60.7 Å². The predicted octanol–water partition coefficient (Wildman–Crippen LogP) is 6.97. The van der Waals surface area contributed by atoms with E-state index in [0.29, 0.717) is 0 Å².